The molecule has 2 aromatic rings. The van der Waals surface area contributed by atoms with E-state index in [1.807, 2.05) is 12.1 Å². The van der Waals surface area contributed by atoms with Crippen molar-refractivity contribution < 1.29 is 23.8 Å². The van der Waals surface area contributed by atoms with E-state index in [2.05, 4.69) is 0 Å². The highest BCUT2D eigenvalue weighted by molar-refractivity contribution is 6.00. The number of ether oxygens (including phenoxy) is 3. The van der Waals surface area contributed by atoms with Gasteiger partial charge in [0.25, 0.3) is 0 Å². The molecular weight excluding hydrogens is 320 g/mol. The zero-order chi connectivity index (χ0) is 17.8. The lowest BCUT2D eigenvalue weighted by molar-refractivity contribution is 0.0471. The van der Waals surface area contributed by atoms with Crippen molar-refractivity contribution in [3.05, 3.63) is 58.7 Å². The SMILES string of the molecule is COc1ccc(OC)c(C(=O)OCC(=O)c2ccc3c(c2)CCC3)c1. The maximum Gasteiger partial charge on any atom is 0.342 e. The second-order valence-electron chi connectivity index (χ2n) is 5.90. The first kappa shape index (κ1) is 17.0. The van der Waals surface area contributed by atoms with Gasteiger partial charge in [0, 0.05) is 5.56 Å². The zero-order valence-electron chi connectivity index (χ0n) is 14.3. The Morgan fingerprint density at radius 2 is 1.76 bits per heavy atom. The Kier molecular flexibility index (Phi) is 5.03. The number of aryl methyl sites for hydroxylation is 2. The van der Waals surface area contributed by atoms with Gasteiger partial charge in [-0.1, -0.05) is 12.1 Å². The molecule has 0 bridgehead atoms. The number of ketones is 1. The van der Waals surface area contributed by atoms with Crippen molar-refractivity contribution in [1.29, 1.82) is 0 Å². The van der Waals surface area contributed by atoms with E-state index in [-0.39, 0.29) is 18.0 Å². The average Bonchev–Trinajstić information content (AvgIpc) is 3.12. The van der Waals surface area contributed by atoms with Gasteiger partial charge in [-0.25, -0.2) is 4.79 Å². The Labute approximate surface area is 146 Å². The molecule has 0 amide bonds. The molecule has 0 saturated carbocycles. The van der Waals surface area contributed by atoms with Gasteiger partial charge in [0.2, 0.25) is 0 Å². The van der Waals surface area contributed by atoms with Gasteiger partial charge in [-0.05, 0) is 54.7 Å². The van der Waals surface area contributed by atoms with E-state index >= 15 is 0 Å². The third-order valence-corrected chi connectivity index (χ3v) is 4.38. The van der Waals surface area contributed by atoms with Gasteiger partial charge in [-0.2, -0.15) is 0 Å². The molecule has 5 heteroatoms. The van der Waals surface area contributed by atoms with Crippen molar-refractivity contribution in [2.75, 3.05) is 20.8 Å². The van der Waals surface area contributed by atoms with Crippen molar-refractivity contribution >= 4 is 11.8 Å². The number of hydrogen-bond acceptors (Lipinski definition) is 5. The van der Waals surface area contributed by atoms with Crippen molar-refractivity contribution in [1.82, 2.24) is 0 Å². The summed E-state index contributed by atoms with van der Waals surface area (Å²) >= 11 is 0. The molecule has 0 aromatic heterocycles. The van der Waals surface area contributed by atoms with E-state index < -0.39 is 5.97 Å². The van der Waals surface area contributed by atoms with Gasteiger partial charge >= 0.3 is 5.97 Å². The first-order valence-electron chi connectivity index (χ1n) is 8.16. The minimum absolute atomic E-state index is 0.218. The Hall–Kier alpha value is -2.82. The minimum atomic E-state index is -0.620. The fourth-order valence-corrected chi connectivity index (χ4v) is 3.01. The van der Waals surface area contributed by atoms with E-state index in [1.165, 1.54) is 31.4 Å². The number of carbonyl (C=O) groups is 2. The number of fused-ring (bicyclic) bond motifs is 1. The second kappa shape index (κ2) is 7.38. The lowest BCUT2D eigenvalue weighted by Gasteiger charge is -2.10. The van der Waals surface area contributed by atoms with Crippen molar-refractivity contribution in [2.24, 2.45) is 0 Å². The molecule has 0 heterocycles. The molecule has 130 valence electrons. The predicted molar refractivity (Wildman–Crippen MR) is 92.6 cm³/mol. The number of carbonyl (C=O) groups excluding carboxylic acids is 2. The summed E-state index contributed by atoms with van der Waals surface area (Å²) in [6, 6.07) is 10.5. The van der Waals surface area contributed by atoms with Crippen LogP contribution in [0.2, 0.25) is 0 Å². The highest BCUT2D eigenvalue weighted by atomic mass is 16.5. The molecule has 0 radical (unpaired) electrons. The van der Waals surface area contributed by atoms with Crippen LogP contribution in [0.4, 0.5) is 0 Å². The first-order valence-corrected chi connectivity index (χ1v) is 8.16. The second-order valence-corrected chi connectivity index (χ2v) is 5.90. The summed E-state index contributed by atoms with van der Waals surface area (Å²) < 4.78 is 15.5. The molecule has 1 aliphatic carbocycles. The van der Waals surface area contributed by atoms with E-state index in [1.54, 1.807) is 18.2 Å². The van der Waals surface area contributed by atoms with E-state index in [0.717, 1.165) is 19.3 Å². The number of methoxy groups -OCH3 is 2. The number of rotatable bonds is 6. The molecule has 0 N–H and O–H groups in total. The molecule has 0 fully saturated rings. The predicted octanol–water partition coefficient (Wildman–Crippen LogP) is 3.23. The van der Waals surface area contributed by atoms with Gasteiger partial charge in [-0.3, -0.25) is 4.79 Å². The average molecular weight is 340 g/mol. The van der Waals surface area contributed by atoms with Crippen molar-refractivity contribution in [3.8, 4) is 11.5 Å². The number of esters is 1. The molecule has 0 unspecified atom stereocenters. The lowest BCUT2D eigenvalue weighted by atomic mass is 10.0. The molecule has 2 aromatic carbocycles. The number of hydrogen-bond donors (Lipinski definition) is 0. The first-order chi connectivity index (χ1) is 12.1. The van der Waals surface area contributed by atoms with Gasteiger partial charge in [-0.15, -0.1) is 0 Å². The highest BCUT2D eigenvalue weighted by Gasteiger charge is 2.18. The number of benzene rings is 2. The quantitative estimate of drug-likeness (QED) is 0.597. The largest absolute Gasteiger partial charge is 0.497 e. The van der Waals surface area contributed by atoms with Gasteiger partial charge in [0.05, 0.1) is 14.2 Å². The van der Waals surface area contributed by atoms with Crippen LogP contribution in [0.15, 0.2) is 36.4 Å². The van der Waals surface area contributed by atoms with Crippen LogP contribution >= 0.6 is 0 Å². The smallest absolute Gasteiger partial charge is 0.342 e. The molecule has 5 nitrogen and oxygen atoms in total. The van der Waals surface area contributed by atoms with Crippen molar-refractivity contribution in [3.63, 3.8) is 0 Å². The van der Waals surface area contributed by atoms with Crippen LogP contribution in [-0.2, 0) is 17.6 Å². The molecule has 0 aliphatic heterocycles. The monoisotopic (exact) mass is 340 g/mol. The summed E-state index contributed by atoms with van der Waals surface area (Å²) in [5, 5.41) is 0. The lowest BCUT2D eigenvalue weighted by Crippen LogP contribution is -2.15. The molecule has 25 heavy (non-hydrogen) atoms. The van der Waals surface area contributed by atoms with Gasteiger partial charge in [0.1, 0.15) is 17.1 Å². The third kappa shape index (κ3) is 3.65. The normalized spacial score (nSPS) is 12.4. The van der Waals surface area contributed by atoms with Crippen LogP contribution in [0.25, 0.3) is 0 Å². The fraction of sp³-hybridized carbons (Fsp3) is 0.300. The Morgan fingerprint density at radius 3 is 2.52 bits per heavy atom. The van der Waals surface area contributed by atoms with Gasteiger partial charge in [0.15, 0.2) is 12.4 Å². The molecule has 0 saturated heterocycles. The maximum atomic E-state index is 12.3. The summed E-state index contributed by atoms with van der Waals surface area (Å²) in [6.07, 6.45) is 3.18. The van der Waals surface area contributed by atoms with Crippen LogP contribution < -0.4 is 9.47 Å². The molecule has 1 aliphatic rings. The van der Waals surface area contributed by atoms with Crippen LogP contribution in [0.5, 0.6) is 11.5 Å². The van der Waals surface area contributed by atoms with E-state index in [0.29, 0.717) is 17.1 Å². The summed E-state index contributed by atoms with van der Waals surface area (Å²) in [5.74, 6) is 0.0450. The Morgan fingerprint density at radius 1 is 0.960 bits per heavy atom. The van der Waals surface area contributed by atoms with Gasteiger partial charge < -0.3 is 14.2 Å². The Bertz CT molecular complexity index is 810. The summed E-state index contributed by atoms with van der Waals surface area (Å²) in [6.45, 7) is -0.308. The number of Topliss-reactive ketones (excluding diaryl/α,β-unsaturated/α-hetero) is 1. The minimum Gasteiger partial charge on any atom is -0.497 e. The molecule has 0 atom stereocenters. The third-order valence-electron chi connectivity index (χ3n) is 4.38. The topological polar surface area (TPSA) is 61.8 Å². The summed E-state index contributed by atoms with van der Waals surface area (Å²) in [5.41, 5.74) is 3.32. The molecule has 3 rings (SSSR count). The van der Waals surface area contributed by atoms with Crippen LogP contribution in [-0.4, -0.2) is 32.6 Å². The van der Waals surface area contributed by atoms with Crippen LogP contribution in [0, 0.1) is 0 Å². The zero-order valence-corrected chi connectivity index (χ0v) is 14.3. The summed E-state index contributed by atoms with van der Waals surface area (Å²) in [7, 11) is 2.97. The molecule has 0 spiro atoms. The highest BCUT2D eigenvalue weighted by Crippen LogP contribution is 2.25. The van der Waals surface area contributed by atoms with E-state index in [9.17, 15) is 9.59 Å². The Balaban J connectivity index is 1.69. The maximum absolute atomic E-state index is 12.3. The van der Waals surface area contributed by atoms with E-state index in [4.69, 9.17) is 14.2 Å². The fourth-order valence-electron chi connectivity index (χ4n) is 3.01. The standard InChI is InChI=1S/C20H20O5/c1-23-16-8-9-19(24-2)17(11-16)20(22)25-12-18(21)15-7-6-13-4-3-5-14(13)10-15/h6-11H,3-5,12H2,1-2H3. The van der Waals surface area contributed by atoms with Crippen LogP contribution in [0.1, 0.15) is 38.3 Å². The molecular formula is C20H20O5. The van der Waals surface area contributed by atoms with Crippen LogP contribution in [0.3, 0.4) is 0 Å². The van der Waals surface area contributed by atoms with Crippen molar-refractivity contribution in [2.45, 2.75) is 19.3 Å². The summed E-state index contributed by atoms with van der Waals surface area (Å²) in [4.78, 5) is 24.6.